The van der Waals surface area contributed by atoms with E-state index in [2.05, 4.69) is 4.98 Å². The van der Waals surface area contributed by atoms with Crippen molar-refractivity contribution in [2.24, 2.45) is 0 Å². The molecule has 0 saturated carbocycles. The average Bonchev–Trinajstić information content (AvgIpc) is 2.56. The fourth-order valence-corrected chi connectivity index (χ4v) is 2.83. The molecule has 0 saturated heterocycles. The molecular formula is C17H13Cl2FN2O2. The molecule has 7 heteroatoms. The van der Waals surface area contributed by atoms with Crippen LogP contribution in [0.2, 0.25) is 5.02 Å². The highest BCUT2D eigenvalue weighted by Crippen LogP contribution is 2.27. The number of rotatable bonds is 4. The third-order valence-corrected chi connectivity index (χ3v) is 3.96. The normalized spacial score (nSPS) is 11.0. The van der Waals surface area contributed by atoms with Crippen molar-refractivity contribution in [2.75, 3.05) is 6.61 Å². The maximum absolute atomic E-state index is 13.5. The molecule has 0 aliphatic rings. The van der Waals surface area contributed by atoms with E-state index >= 15 is 0 Å². The summed E-state index contributed by atoms with van der Waals surface area (Å²) in [6.45, 7) is 2.22. The van der Waals surface area contributed by atoms with E-state index in [1.54, 1.807) is 18.2 Å². The fraction of sp³-hybridized carbons (Fsp3) is 0.176. The van der Waals surface area contributed by atoms with Crippen LogP contribution in [0.15, 0.2) is 41.2 Å². The second kappa shape index (κ2) is 6.79. The van der Waals surface area contributed by atoms with Crippen molar-refractivity contribution >= 4 is 34.1 Å². The van der Waals surface area contributed by atoms with E-state index < -0.39 is 11.4 Å². The van der Waals surface area contributed by atoms with Crippen LogP contribution in [0.25, 0.3) is 16.6 Å². The zero-order chi connectivity index (χ0) is 17.3. The predicted molar refractivity (Wildman–Crippen MR) is 93.0 cm³/mol. The van der Waals surface area contributed by atoms with Crippen molar-refractivity contribution in [3.8, 4) is 11.4 Å². The van der Waals surface area contributed by atoms with Crippen LogP contribution >= 0.6 is 23.2 Å². The third kappa shape index (κ3) is 2.97. The molecule has 0 atom stereocenters. The van der Waals surface area contributed by atoms with Crippen molar-refractivity contribution in [3.63, 3.8) is 0 Å². The van der Waals surface area contributed by atoms with E-state index in [1.807, 2.05) is 6.92 Å². The first-order chi connectivity index (χ1) is 11.5. The number of benzene rings is 2. The van der Waals surface area contributed by atoms with Crippen LogP contribution in [0.1, 0.15) is 12.7 Å². The zero-order valence-corrected chi connectivity index (χ0v) is 14.2. The van der Waals surface area contributed by atoms with Crippen LogP contribution in [-0.4, -0.2) is 16.2 Å². The molecule has 0 aliphatic heterocycles. The number of aromatic nitrogens is 2. The Hall–Kier alpha value is -2.11. The quantitative estimate of drug-likeness (QED) is 0.646. The van der Waals surface area contributed by atoms with Crippen LogP contribution in [0, 0.1) is 5.82 Å². The molecule has 0 unspecified atom stereocenters. The second-order valence-corrected chi connectivity index (χ2v) is 5.71. The van der Waals surface area contributed by atoms with Gasteiger partial charge in [0.2, 0.25) is 0 Å². The number of halogens is 3. The van der Waals surface area contributed by atoms with Gasteiger partial charge in [0.05, 0.1) is 29.1 Å². The highest BCUT2D eigenvalue weighted by atomic mass is 35.5. The first kappa shape index (κ1) is 16.7. The van der Waals surface area contributed by atoms with Crippen molar-refractivity contribution in [1.29, 1.82) is 0 Å². The summed E-state index contributed by atoms with van der Waals surface area (Å²) in [6, 6.07) is 8.77. The van der Waals surface area contributed by atoms with Crippen LogP contribution < -0.4 is 10.3 Å². The lowest BCUT2D eigenvalue weighted by Crippen LogP contribution is -2.24. The van der Waals surface area contributed by atoms with Crippen molar-refractivity contribution in [3.05, 3.63) is 63.4 Å². The average molecular weight is 367 g/mol. The lowest BCUT2D eigenvalue weighted by molar-refractivity contribution is 0.338. The SMILES string of the molecule is CCOc1cc(Cl)ccc1-n1c(CCl)nc2ccc(F)cc2c1=O. The molecule has 0 N–H and O–H groups in total. The van der Waals surface area contributed by atoms with Gasteiger partial charge in [-0.3, -0.25) is 9.36 Å². The zero-order valence-electron chi connectivity index (χ0n) is 12.7. The standard InChI is InChI=1S/C17H13Cl2FN2O2/c1-2-24-15-7-10(19)3-6-14(15)22-16(9-18)21-13-5-4-11(20)8-12(13)17(22)23/h3-8H,2,9H2,1H3. The van der Waals surface area contributed by atoms with E-state index in [-0.39, 0.29) is 11.3 Å². The smallest absolute Gasteiger partial charge is 0.266 e. The molecule has 0 fully saturated rings. The first-order valence-electron chi connectivity index (χ1n) is 7.25. The molecule has 24 heavy (non-hydrogen) atoms. The minimum Gasteiger partial charge on any atom is -0.492 e. The molecule has 0 spiro atoms. The minimum absolute atomic E-state index is 0.0107. The highest BCUT2D eigenvalue weighted by molar-refractivity contribution is 6.30. The van der Waals surface area contributed by atoms with E-state index in [0.29, 0.717) is 34.4 Å². The summed E-state index contributed by atoms with van der Waals surface area (Å²) in [5.41, 5.74) is 0.430. The number of hydrogen-bond donors (Lipinski definition) is 0. The second-order valence-electron chi connectivity index (χ2n) is 5.01. The number of fused-ring (bicyclic) bond motifs is 1. The lowest BCUT2D eigenvalue weighted by Gasteiger charge is -2.16. The van der Waals surface area contributed by atoms with Crippen molar-refractivity contribution in [2.45, 2.75) is 12.8 Å². The maximum Gasteiger partial charge on any atom is 0.266 e. The predicted octanol–water partition coefficient (Wildman–Crippen LogP) is 4.32. The first-order valence-corrected chi connectivity index (χ1v) is 8.16. The largest absolute Gasteiger partial charge is 0.492 e. The van der Waals surface area contributed by atoms with Gasteiger partial charge >= 0.3 is 0 Å². The Morgan fingerprint density at radius 1 is 1.25 bits per heavy atom. The molecule has 0 aliphatic carbocycles. The van der Waals surface area contributed by atoms with Crippen molar-refractivity contribution < 1.29 is 9.13 Å². The van der Waals surface area contributed by atoms with E-state index in [4.69, 9.17) is 27.9 Å². The topological polar surface area (TPSA) is 44.1 Å². The summed E-state index contributed by atoms with van der Waals surface area (Å²) >= 11 is 12.0. The van der Waals surface area contributed by atoms with Gasteiger partial charge in [0.1, 0.15) is 17.4 Å². The van der Waals surface area contributed by atoms with Gasteiger partial charge in [0.25, 0.3) is 5.56 Å². The van der Waals surface area contributed by atoms with Gasteiger partial charge in [-0.2, -0.15) is 0 Å². The van der Waals surface area contributed by atoms with E-state index in [9.17, 15) is 9.18 Å². The van der Waals surface area contributed by atoms with Gasteiger partial charge in [0, 0.05) is 11.1 Å². The van der Waals surface area contributed by atoms with Gasteiger partial charge in [-0.25, -0.2) is 9.37 Å². The Balaban J connectivity index is 2.37. The fourth-order valence-electron chi connectivity index (χ4n) is 2.49. The van der Waals surface area contributed by atoms with Gasteiger partial charge < -0.3 is 4.74 Å². The maximum atomic E-state index is 13.5. The summed E-state index contributed by atoms with van der Waals surface area (Å²) in [5.74, 6) is 0.268. The molecule has 0 amide bonds. The third-order valence-electron chi connectivity index (χ3n) is 3.48. The monoisotopic (exact) mass is 366 g/mol. The molecule has 3 rings (SSSR count). The van der Waals surface area contributed by atoms with Crippen LogP contribution in [0.5, 0.6) is 5.75 Å². The molecule has 3 aromatic rings. The van der Waals surface area contributed by atoms with Crippen LogP contribution in [-0.2, 0) is 5.88 Å². The molecule has 1 aromatic heterocycles. The molecule has 0 radical (unpaired) electrons. The lowest BCUT2D eigenvalue weighted by atomic mass is 10.2. The van der Waals surface area contributed by atoms with Gasteiger partial charge in [-0.05, 0) is 37.3 Å². The number of ether oxygens (including phenoxy) is 1. The van der Waals surface area contributed by atoms with Gasteiger partial charge in [-0.15, -0.1) is 11.6 Å². The summed E-state index contributed by atoms with van der Waals surface area (Å²) < 4.78 is 20.4. The molecule has 0 bridgehead atoms. The van der Waals surface area contributed by atoms with E-state index in [0.717, 1.165) is 6.07 Å². The molecular weight excluding hydrogens is 354 g/mol. The Bertz CT molecular complexity index is 973. The van der Waals surface area contributed by atoms with Crippen LogP contribution in [0.3, 0.4) is 0 Å². The summed E-state index contributed by atoms with van der Waals surface area (Å²) in [4.78, 5) is 17.3. The number of hydrogen-bond acceptors (Lipinski definition) is 3. The summed E-state index contributed by atoms with van der Waals surface area (Å²) in [7, 11) is 0. The highest BCUT2D eigenvalue weighted by Gasteiger charge is 2.16. The molecule has 124 valence electrons. The molecule has 4 nitrogen and oxygen atoms in total. The van der Waals surface area contributed by atoms with Gasteiger partial charge in [-0.1, -0.05) is 11.6 Å². The Labute approximate surface area is 147 Å². The number of nitrogens with zero attached hydrogens (tertiary/aromatic N) is 2. The van der Waals surface area contributed by atoms with Gasteiger partial charge in [0.15, 0.2) is 0 Å². The van der Waals surface area contributed by atoms with Crippen molar-refractivity contribution in [1.82, 2.24) is 9.55 Å². The summed E-state index contributed by atoms with van der Waals surface area (Å²) in [5, 5.41) is 0.642. The summed E-state index contributed by atoms with van der Waals surface area (Å²) in [6.07, 6.45) is 0. The Morgan fingerprint density at radius 3 is 2.75 bits per heavy atom. The van der Waals surface area contributed by atoms with E-state index in [1.165, 1.54) is 16.7 Å². The Morgan fingerprint density at radius 2 is 2.04 bits per heavy atom. The van der Waals surface area contributed by atoms with Crippen LogP contribution in [0.4, 0.5) is 4.39 Å². The molecule has 2 aromatic carbocycles. The number of alkyl halides is 1. The Kier molecular flexibility index (Phi) is 4.73. The molecule has 1 heterocycles. The minimum atomic E-state index is -0.507.